The standard InChI is InChI=1S/C14H31N3/c1-5-7-13(15)14(6-2)17-10-8-16(9-11-17)12(3)4/h12-14H,5-11,15H2,1-4H3. The Kier molecular flexibility index (Phi) is 6.45. The third-order valence-electron chi connectivity index (χ3n) is 4.08. The van der Waals surface area contributed by atoms with Crippen molar-refractivity contribution in [1.82, 2.24) is 9.80 Å². The summed E-state index contributed by atoms with van der Waals surface area (Å²) >= 11 is 0. The first-order chi connectivity index (χ1) is 8.10. The van der Waals surface area contributed by atoms with Gasteiger partial charge in [-0.2, -0.15) is 0 Å². The average Bonchev–Trinajstić information content (AvgIpc) is 2.31. The van der Waals surface area contributed by atoms with Crippen LogP contribution < -0.4 is 5.73 Å². The zero-order chi connectivity index (χ0) is 12.8. The molecule has 2 unspecified atom stereocenters. The predicted molar refractivity (Wildman–Crippen MR) is 75.2 cm³/mol. The highest BCUT2D eigenvalue weighted by molar-refractivity contribution is 4.85. The van der Waals surface area contributed by atoms with Crippen molar-refractivity contribution in [2.75, 3.05) is 26.2 Å². The topological polar surface area (TPSA) is 32.5 Å². The van der Waals surface area contributed by atoms with Gasteiger partial charge < -0.3 is 5.73 Å². The fourth-order valence-electron chi connectivity index (χ4n) is 2.94. The van der Waals surface area contributed by atoms with Gasteiger partial charge in [0.2, 0.25) is 0 Å². The smallest absolute Gasteiger partial charge is 0.0245 e. The Morgan fingerprint density at radius 1 is 1.00 bits per heavy atom. The van der Waals surface area contributed by atoms with Crippen molar-refractivity contribution in [3.05, 3.63) is 0 Å². The Balaban J connectivity index is 2.44. The van der Waals surface area contributed by atoms with Crippen LogP contribution in [0.4, 0.5) is 0 Å². The van der Waals surface area contributed by atoms with Crippen LogP contribution in [-0.4, -0.2) is 54.1 Å². The van der Waals surface area contributed by atoms with Gasteiger partial charge in [-0.25, -0.2) is 0 Å². The van der Waals surface area contributed by atoms with E-state index in [2.05, 4.69) is 37.5 Å². The maximum Gasteiger partial charge on any atom is 0.0245 e. The van der Waals surface area contributed by atoms with E-state index >= 15 is 0 Å². The van der Waals surface area contributed by atoms with Crippen molar-refractivity contribution in [1.29, 1.82) is 0 Å². The Bertz CT molecular complexity index is 198. The van der Waals surface area contributed by atoms with Crippen LogP contribution in [0.2, 0.25) is 0 Å². The first kappa shape index (κ1) is 14.9. The number of nitrogens with zero attached hydrogens (tertiary/aromatic N) is 2. The molecule has 3 nitrogen and oxygen atoms in total. The molecule has 0 amide bonds. The molecule has 0 aromatic rings. The Morgan fingerprint density at radius 2 is 1.53 bits per heavy atom. The molecule has 2 N–H and O–H groups in total. The quantitative estimate of drug-likeness (QED) is 0.771. The number of hydrogen-bond donors (Lipinski definition) is 1. The van der Waals surface area contributed by atoms with E-state index in [1.165, 1.54) is 39.0 Å². The molecular formula is C14H31N3. The molecule has 0 bridgehead atoms. The minimum Gasteiger partial charge on any atom is -0.326 e. The molecule has 0 aromatic heterocycles. The predicted octanol–water partition coefficient (Wildman–Crippen LogP) is 1.92. The van der Waals surface area contributed by atoms with Crippen LogP contribution in [0.1, 0.15) is 47.0 Å². The van der Waals surface area contributed by atoms with E-state index in [0.29, 0.717) is 18.1 Å². The first-order valence-corrected chi connectivity index (χ1v) is 7.33. The molecule has 1 rings (SSSR count). The highest BCUT2D eigenvalue weighted by Gasteiger charge is 2.27. The van der Waals surface area contributed by atoms with Crippen LogP contribution >= 0.6 is 0 Å². The van der Waals surface area contributed by atoms with E-state index in [1.54, 1.807) is 0 Å². The first-order valence-electron chi connectivity index (χ1n) is 7.33. The van der Waals surface area contributed by atoms with Crippen molar-refractivity contribution < 1.29 is 0 Å². The number of piperazine rings is 1. The number of nitrogens with two attached hydrogens (primary N) is 1. The van der Waals surface area contributed by atoms with E-state index < -0.39 is 0 Å². The van der Waals surface area contributed by atoms with E-state index in [4.69, 9.17) is 5.73 Å². The lowest BCUT2D eigenvalue weighted by molar-refractivity contribution is 0.0660. The van der Waals surface area contributed by atoms with Gasteiger partial charge in [-0.1, -0.05) is 20.3 Å². The van der Waals surface area contributed by atoms with Crippen molar-refractivity contribution in [2.45, 2.75) is 65.1 Å². The summed E-state index contributed by atoms with van der Waals surface area (Å²) in [6, 6.07) is 1.63. The fourth-order valence-corrected chi connectivity index (χ4v) is 2.94. The molecule has 1 fully saturated rings. The maximum atomic E-state index is 6.31. The van der Waals surface area contributed by atoms with Crippen LogP contribution in [0.5, 0.6) is 0 Å². The van der Waals surface area contributed by atoms with Gasteiger partial charge in [0.05, 0.1) is 0 Å². The van der Waals surface area contributed by atoms with E-state index in [1.807, 2.05) is 0 Å². The lowest BCUT2D eigenvalue weighted by atomic mass is 9.99. The third kappa shape index (κ3) is 4.23. The second-order valence-electron chi connectivity index (χ2n) is 5.59. The molecule has 17 heavy (non-hydrogen) atoms. The van der Waals surface area contributed by atoms with Gasteiger partial charge in [0.15, 0.2) is 0 Å². The van der Waals surface area contributed by atoms with Gasteiger partial charge in [-0.15, -0.1) is 0 Å². The van der Waals surface area contributed by atoms with Crippen LogP contribution in [0.25, 0.3) is 0 Å². The van der Waals surface area contributed by atoms with Gasteiger partial charge in [0.1, 0.15) is 0 Å². The minimum atomic E-state index is 0.357. The Hall–Kier alpha value is -0.120. The molecule has 0 saturated carbocycles. The summed E-state index contributed by atoms with van der Waals surface area (Å²) < 4.78 is 0. The molecule has 1 aliphatic heterocycles. The molecular weight excluding hydrogens is 210 g/mol. The average molecular weight is 241 g/mol. The second-order valence-corrected chi connectivity index (χ2v) is 5.59. The monoisotopic (exact) mass is 241 g/mol. The Labute approximate surface area is 107 Å². The van der Waals surface area contributed by atoms with Crippen LogP contribution in [0.15, 0.2) is 0 Å². The second kappa shape index (κ2) is 7.34. The highest BCUT2D eigenvalue weighted by atomic mass is 15.3. The van der Waals surface area contributed by atoms with Gasteiger partial charge in [-0.05, 0) is 26.7 Å². The largest absolute Gasteiger partial charge is 0.326 e. The van der Waals surface area contributed by atoms with Crippen LogP contribution in [0.3, 0.4) is 0 Å². The fraction of sp³-hybridized carbons (Fsp3) is 1.00. The summed E-state index contributed by atoms with van der Waals surface area (Å²) in [5.74, 6) is 0. The number of rotatable bonds is 6. The molecule has 0 aromatic carbocycles. The third-order valence-corrected chi connectivity index (χ3v) is 4.08. The normalized spacial score (nSPS) is 22.9. The van der Waals surface area contributed by atoms with Crippen LogP contribution in [0, 0.1) is 0 Å². The summed E-state index contributed by atoms with van der Waals surface area (Å²) in [5.41, 5.74) is 6.31. The van der Waals surface area contributed by atoms with Crippen molar-refractivity contribution in [3.8, 4) is 0 Å². The maximum absolute atomic E-state index is 6.31. The zero-order valence-corrected chi connectivity index (χ0v) is 12.2. The lowest BCUT2D eigenvalue weighted by Crippen LogP contribution is -2.56. The molecule has 0 radical (unpaired) electrons. The highest BCUT2D eigenvalue weighted by Crippen LogP contribution is 2.15. The molecule has 1 heterocycles. The van der Waals surface area contributed by atoms with Gasteiger partial charge in [0.25, 0.3) is 0 Å². The molecule has 2 atom stereocenters. The summed E-state index contributed by atoms with van der Waals surface area (Å²) in [7, 11) is 0. The summed E-state index contributed by atoms with van der Waals surface area (Å²) in [4.78, 5) is 5.17. The molecule has 102 valence electrons. The van der Waals surface area contributed by atoms with E-state index in [0.717, 1.165) is 6.42 Å². The summed E-state index contributed by atoms with van der Waals surface area (Å²) in [5, 5.41) is 0. The van der Waals surface area contributed by atoms with Gasteiger partial charge in [-0.3, -0.25) is 9.80 Å². The molecule has 3 heteroatoms. The molecule has 0 aliphatic carbocycles. The summed E-state index contributed by atoms with van der Waals surface area (Å²) in [6.45, 7) is 13.9. The van der Waals surface area contributed by atoms with E-state index in [9.17, 15) is 0 Å². The van der Waals surface area contributed by atoms with Crippen molar-refractivity contribution in [2.24, 2.45) is 5.73 Å². The van der Waals surface area contributed by atoms with E-state index in [-0.39, 0.29) is 0 Å². The Morgan fingerprint density at radius 3 is 1.94 bits per heavy atom. The molecule has 0 spiro atoms. The SMILES string of the molecule is CCCC(N)C(CC)N1CCN(C(C)C)CC1. The van der Waals surface area contributed by atoms with Crippen molar-refractivity contribution >= 4 is 0 Å². The van der Waals surface area contributed by atoms with Crippen LogP contribution in [-0.2, 0) is 0 Å². The summed E-state index contributed by atoms with van der Waals surface area (Å²) in [6.07, 6.45) is 3.54. The number of hydrogen-bond acceptors (Lipinski definition) is 3. The van der Waals surface area contributed by atoms with Gasteiger partial charge >= 0.3 is 0 Å². The van der Waals surface area contributed by atoms with Crippen molar-refractivity contribution in [3.63, 3.8) is 0 Å². The van der Waals surface area contributed by atoms with Gasteiger partial charge in [0, 0.05) is 44.3 Å². The zero-order valence-electron chi connectivity index (χ0n) is 12.2. The minimum absolute atomic E-state index is 0.357. The molecule has 1 saturated heterocycles. The lowest BCUT2D eigenvalue weighted by Gasteiger charge is -2.42. The molecule has 1 aliphatic rings.